The van der Waals surface area contributed by atoms with Crippen LogP contribution in [-0.4, -0.2) is 44.5 Å². The van der Waals surface area contributed by atoms with Crippen LogP contribution in [0, 0.1) is 0 Å². The number of ether oxygens (including phenoxy) is 1. The Labute approximate surface area is 134 Å². The number of fused-ring (bicyclic) bond motifs is 1. The molecule has 2 unspecified atom stereocenters. The smallest absolute Gasteiger partial charge is 0.407 e. The Morgan fingerprint density at radius 1 is 1.43 bits per heavy atom. The Bertz CT molecular complexity index is 663. The van der Waals surface area contributed by atoms with Gasteiger partial charge in [-0.15, -0.1) is 0 Å². The van der Waals surface area contributed by atoms with Crippen molar-refractivity contribution in [2.24, 2.45) is 0 Å². The third-order valence-electron chi connectivity index (χ3n) is 3.24. The van der Waals surface area contributed by atoms with Gasteiger partial charge in [-0.25, -0.2) is 9.78 Å². The summed E-state index contributed by atoms with van der Waals surface area (Å²) >= 11 is 0. The molecule has 0 saturated carbocycles. The lowest BCUT2D eigenvalue weighted by Gasteiger charge is -2.21. The van der Waals surface area contributed by atoms with Gasteiger partial charge in [-0.1, -0.05) is 0 Å². The Kier molecular flexibility index (Phi) is 5.23. The van der Waals surface area contributed by atoms with Gasteiger partial charge in [0, 0.05) is 29.9 Å². The van der Waals surface area contributed by atoms with Gasteiger partial charge in [0.25, 0.3) is 0 Å². The molecule has 23 heavy (non-hydrogen) atoms. The molecule has 0 fully saturated rings. The SMILES string of the molecule is CC(C)(C)OC(=O)NCCC(O)C(O)c1cnc2[nH]ccc2c1. The summed E-state index contributed by atoms with van der Waals surface area (Å²) in [5.41, 5.74) is 0.684. The predicted octanol–water partition coefficient (Wildman–Crippen LogP) is 1.87. The van der Waals surface area contributed by atoms with Gasteiger partial charge < -0.3 is 25.3 Å². The third kappa shape index (κ3) is 4.94. The van der Waals surface area contributed by atoms with Gasteiger partial charge in [0.05, 0.1) is 6.10 Å². The fraction of sp³-hybridized carbons (Fsp3) is 0.500. The van der Waals surface area contributed by atoms with Gasteiger partial charge in [0.2, 0.25) is 0 Å². The van der Waals surface area contributed by atoms with E-state index in [2.05, 4.69) is 15.3 Å². The first-order valence-electron chi connectivity index (χ1n) is 7.52. The molecule has 2 aromatic rings. The van der Waals surface area contributed by atoms with Gasteiger partial charge in [-0.2, -0.15) is 0 Å². The van der Waals surface area contributed by atoms with Crippen molar-refractivity contribution in [3.63, 3.8) is 0 Å². The normalized spacial score (nSPS) is 14.5. The molecule has 2 atom stereocenters. The van der Waals surface area contributed by atoms with Crippen molar-refractivity contribution in [3.05, 3.63) is 30.1 Å². The van der Waals surface area contributed by atoms with Crippen molar-refractivity contribution in [1.82, 2.24) is 15.3 Å². The number of alkyl carbamates (subject to hydrolysis) is 1. The lowest BCUT2D eigenvalue weighted by Crippen LogP contribution is -2.34. The molecule has 0 radical (unpaired) electrons. The zero-order valence-corrected chi connectivity index (χ0v) is 13.5. The monoisotopic (exact) mass is 321 g/mol. The minimum Gasteiger partial charge on any atom is -0.444 e. The predicted molar refractivity (Wildman–Crippen MR) is 85.9 cm³/mol. The van der Waals surface area contributed by atoms with E-state index in [-0.39, 0.29) is 13.0 Å². The summed E-state index contributed by atoms with van der Waals surface area (Å²) in [7, 11) is 0. The lowest BCUT2D eigenvalue weighted by molar-refractivity contribution is 0.0122. The van der Waals surface area contributed by atoms with Crippen LogP contribution in [-0.2, 0) is 4.74 Å². The number of rotatable bonds is 5. The number of carbonyl (C=O) groups excluding carboxylic acids is 1. The molecule has 0 saturated heterocycles. The number of aromatic nitrogens is 2. The maximum absolute atomic E-state index is 11.5. The van der Waals surface area contributed by atoms with Crippen molar-refractivity contribution in [2.75, 3.05) is 6.54 Å². The summed E-state index contributed by atoms with van der Waals surface area (Å²) < 4.78 is 5.10. The number of carbonyl (C=O) groups is 1. The van der Waals surface area contributed by atoms with E-state index >= 15 is 0 Å². The summed E-state index contributed by atoms with van der Waals surface area (Å²) in [6.07, 6.45) is 0.856. The van der Waals surface area contributed by atoms with Gasteiger partial charge in [0.15, 0.2) is 0 Å². The zero-order valence-electron chi connectivity index (χ0n) is 13.5. The van der Waals surface area contributed by atoms with E-state index < -0.39 is 23.9 Å². The van der Waals surface area contributed by atoms with E-state index in [9.17, 15) is 15.0 Å². The topological polar surface area (TPSA) is 107 Å². The van der Waals surface area contributed by atoms with Crippen LogP contribution in [0.1, 0.15) is 38.9 Å². The summed E-state index contributed by atoms with van der Waals surface area (Å²) in [5.74, 6) is 0. The molecule has 0 aliphatic rings. The number of hydrogen-bond acceptors (Lipinski definition) is 5. The van der Waals surface area contributed by atoms with E-state index in [1.807, 2.05) is 6.07 Å². The number of pyridine rings is 1. The van der Waals surface area contributed by atoms with Crippen LogP contribution in [0.3, 0.4) is 0 Å². The number of nitrogens with one attached hydrogen (secondary N) is 2. The second kappa shape index (κ2) is 6.97. The Balaban J connectivity index is 1.85. The van der Waals surface area contributed by atoms with Gasteiger partial charge in [-0.3, -0.25) is 0 Å². The number of aromatic amines is 1. The van der Waals surface area contributed by atoms with Crippen molar-refractivity contribution in [3.8, 4) is 0 Å². The van der Waals surface area contributed by atoms with Crippen molar-refractivity contribution >= 4 is 17.1 Å². The summed E-state index contributed by atoms with van der Waals surface area (Å²) in [5, 5.41) is 23.7. The van der Waals surface area contributed by atoms with E-state index in [1.54, 1.807) is 33.0 Å². The molecule has 0 aliphatic carbocycles. The van der Waals surface area contributed by atoms with Crippen LogP contribution in [0.4, 0.5) is 4.79 Å². The molecule has 4 N–H and O–H groups in total. The van der Waals surface area contributed by atoms with Gasteiger partial charge in [-0.05, 0) is 39.3 Å². The van der Waals surface area contributed by atoms with E-state index in [4.69, 9.17) is 4.74 Å². The molecule has 2 aromatic heterocycles. The number of aliphatic hydroxyl groups is 2. The highest BCUT2D eigenvalue weighted by Gasteiger charge is 2.20. The van der Waals surface area contributed by atoms with Crippen LogP contribution in [0.15, 0.2) is 24.5 Å². The Morgan fingerprint density at radius 3 is 2.87 bits per heavy atom. The molecule has 0 bridgehead atoms. The average molecular weight is 321 g/mol. The summed E-state index contributed by atoms with van der Waals surface area (Å²) in [6, 6.07) is 3.61. The van der Waals surface area contributed by atoms with Gasteiger partial charge in [0.1, 0.15) is 17.4 Å². The van der Waals surface area contributed by atoms with Crippen LogP contribution < -0.4 is 5.32 Å². The van der Waals surface area contributed by atoms with Crippen molar-refractivity contribution in [2.45, 2.75) is 45.0 Å². The molecule has 0 spiro atoms. The minimum absolute atomic E-state index is 0.200. The molecule has 7 nitrogen and oxygen atoms in total. The maximum atomic E-state index is 11.5. The van der Waals surface area contributed by atoms with E-state index in [0.29, 0.717) is 5.56 Å². The highest BCUT2D eigenvalue weighted by molar-refractivity contribution is 5.75. The van der Waals surface area contributed by atoms with E-state index in [1.165, 1.54) is 6.20 Å². The first kappa shape index (κ1) is 17.2. The lowest BCUT2D eigenvalue weighted by atomic mass is 10.0. The fourth-order valence-corrected chi connectivity index (χ4v) is 2.13. The van der Waals surface area contributed by atoms with E-state index in [0.717, 1.165) is 11.0 Å². The Morgan fingerprint density at radius 2 is 2.17 bits per heavy atom. The standard InChI is InChI=1S/C16H23N3O4/c1-16(2,3)23-15(22)18-7-5-12(20)13(21)11-8-10-4-6-17-14(10)19-9-11/h4,6,8-9,12-13,20-21H,5,7H2,1-3H3,(H,17,19)(H,18,22). The molecule has 7 heteroatoms. The Hall–Kier alpha value is -2.12. The molecule has 0 aromatic carbocycles. The first-order valence-corrected chi connectivity index (χ1v) is 7.52. The van der Waals surface area contributed by atoms with Crippen molar-refractivity contribution < 1.29 is 19.7 Å². The number of nitrogens with zero attached hydrogens (tertiary/aromatic N) is 1. The first-order chi connectivity index (χ1) is 10.8. The number of amides is 1. The number of hydrogen-bond donors (Lipinski definition) is 4. The maximum Gasteiger partial charge on any atom is 0.407 e. The highest BCUT2D eigenvalue weighted by Crippen LogP contribution is 2.21. The minimum atomic E-state index is -1.07. The molecule has 2 heterocycles. The number of aliphatic hydroxyl groups excluding tert-OH is 2. The van der Waals surface area contributed by atoms with Gasteiger partial charge >= 0.3 is 6.09 Å². The van der Waals surface area contributed by atoms with Crippen molar-refractivity contribution in [1.29, 1.82) is 0 Å². The molecule has 2 rings (SSSR count). The zero-order chi connectivity index (χ0) is 17.0. The molecule has 126 valence electrons. The highest BCUT2D eigenvalue weighted by atomic mass is 16.6. The quantitative estimate of drug-likeness (QED) is 0.672. The molecular weight excluding hydrogens is 298 g/mol. The third-order valence-corrected chi connectivity index (χ3v) is 3.24. The molecular formula is C16H23N3O4. The second-order valence-electron chi connectivity index (χ2n) is 6.41. The van der Waals surface area contributed by atoms with Crippen LogP contribution in [0.2, 0.25) is 0 Å². The summed E-state index contributed by atoms with van der Waals surface area (Å²) in [4.78, 5) is 18.6. The summed E-state index contributed by atoms with van der Waals surface area (Å²) in [6.45, 7) is 5.52. The molecule has 1 amide bonds. The van der Waals surface area contributed by atoms with Crippen LogP contribution in [0.25, 0.3) is 11.0 Å². The fourth-order valence-electron chi connectivity index (χ4n) is 2.13. The second-order valence-corrected chi connectivity index (χ2v) is 6.41. The molecule has 0 aliphatic heterocycles. The average Bonchev–Trinajstić information content (AvgIpc) is 2.91. The largest absolute Gasteiger partial charge is 0.444 e. The van der Waals surface area contributed by atoms with Crippen LogP contribution in [0.5, 0.6) is 0 Å². The number of H-pyrrole nitrogens is 1. The van der Waals surface area contributed by atoms with Crippen LogP contribution >= 0.6 is 0 Å².